The molecule has 1 aliphatic rings. The molecule has 5 heteroatoms. The lowest BCUT2D eigenvalue weighted by Crippen LogP contribution is -2.49. The van der Waals surface area contributed by atoms with Crippen LogP contribution in [0.3, 0.4) is 0 Å². The Morgan fingerprint density at radius 3 is 2.13 bits per heavy atom. The molecule has 0 aromatic rings. The highest BCUT2D eigenvalue weighted by Crippen LogP contribution is 2.27. The van der Waals surface area contributed by atoms with Crippen molar-refractivity contribution in [3.8, 4) is 0 Å². The third-order valence-electron chi connectivity index (χ3n) is 4.09. The Kier molecular flexibility index (Phi) is 8.63. The second kappa shape index (κ2) is 9.44. The van der Waals surface area contributed by atoms with E-state index in [1.807, 2.05) is 27.7 Å². The Bertz CT molecular complexity index is 362. The Labute approximate surface area is 155 Å². The third-order valence-corrected chi connectivity index (χ3v) is 5.71. The molecule has 0 aromatic heterocycles. The number of carbonyl (C=O) groups is 1. The van der Waals surface area contributed by atoms with E-state index >= 15 is 0 Å². The number of hydrogen-bond acceptors (Lipinski definition) is 3. The van der Waals surface area contributed by atoms with Gasteiger partial charge in [0.1, 0.15) is 5.60 Å². The van der Waals surface area contributed by atoms with Crippen molar-refractivity contribution in [1.82, 2.24) is 4.90 Å². The first-order chi connectivity index (χ1) is 10.7. The van der Waals surface area contributed by atoms with Gasteiger partial charge < -0.3 is 14.4 Å². The minimum Gasteiger partial charge on any atom is -0.444 e. The number of rotatable bonds is 6. The van der Waals surface area contributed by atoms with Gasteiger partial charge in [0.05, 0.1) is 18.2 Å². The van der Waals surface area contributed by atoms with Crippen LogP contribution in [0, 0.1) is 0 Å². The van der Waals surface area contributed by atoms with Crippen LogP contribution in [0.1, 0.15) is 73.1 Å². The van der Waals surface area contributed by atoms with Crippen LogP contribution in [0.25, 0.3) is 0 Å². The molecular formula is C18H34INO3. The fourth-order valence-corrected chi connectivity index (χ4v) is 3.33. The van der Waals surface area contributed by atoms with Crippen molar-refractivity contribution in [3.05, 3.63) is 0 Å². The highest BCUT2D eigenvalue weighted by Gasteiger charge is 2.33. The molecule has 1 amide bonds. The number of halogens is 1. The van der Waals surface area contributed by atoms with Gasteiger partial charge in [0.15, 0.2) is 0 Å². The number of carbonyl (C=O) groups excluding carboxylic acids is 1. The van der Waals surface area contributed by atoms with Gasteiger partial charge in [0, 0.05) is 11.0 Å². The predicted molar refractivity (Wildman–Crippen MR) is 103 cm³/mol. The topological polar surface area (TPSA) is 38.8 Å². The van der Waals surface area contributed by atoms with Gasteiger partial charge in [0.25, 0.3) is 0 Å². The highest BCUT2D eigenvalue weighted by molar-refractivity contribution is 14.1. The molecule has 1 atom stereocenters. The summed E-state index contributed by atoms with van der Waals surface area (Å²) >= 11 is 2.37. The van der Waals surface area contributed by atoms with Gasteiger partial charge in [-0.3, -0.25) is 0 Å². The van der Waals surface area contributed by atoms with Crippen molar-refractivity contribution in [1.29, 1.82) is 0 Å². The molecule has 0 aromatic carbocycles. The number of nitrogens with zero attached hydrogens (tertiary/aromatic N) is 1. The summed E-state index contributed by atoms with van der Waals surface area (Å²) in [6, 6.07) is 0. The van der Waals surface area contributed by atoms with Crippen molar-refractivity contribution in [2.75, 3.05) is 17.5 Å². The maximum atomic E-state index is 12.4. The Morgan fingerprint density at radius 2 is 1.70 bits per heavy atom. The number of likely N-dealkylation sites (N-methyl/N-ethyl adjacent to an activating group) is 1. The lowest BCUT2D eigenvalue weighted by molar-refractivity contribution is -0.0870. The van der Waals surface area contributed by atoms with Crippen molar-refractivity contribution in [3.63, 3.8) is 0 Å². The molecule has 136 valence electrons. The maximum Gasteiger partial charge on any atom is 0.410 e. The molecule has 1 fully saturated rings. The molecule has 0 bridgehead atoms. The summed E-state index contributed by atoms with van der Waals surface area (Å²) in [5, 5.41) is 0. The van der Waals surface area contributed by atoms with Gasteiger partial charge in [-0.15, -0.1) is 0 Å². The van der Waals surface area contributed by atoms with E-state index in [0.717, 1.165) is 17.3 Å². The number of alkyl halides is 1. The van der Waals surface area contributed by atoms with Crippen molar-refractivity contribution >= 4 is 28.7 Å². The van der Waals surface area contributed by atoms with Gasteiger partial charge in [-0.25, -0.2) is 4.79 Å². The first kappa shape index (κ1) is 21.0. The van der Waals surface area contributed by atoms with Crippen molar-refractivity contribution < 1.29 is 14.3 Å². The number of hydrogen-bond donors (Lipinski definition) is 0. The van der Waals surface area contributed by atoms with Gasteiger partial charge in [0.2, 0.25) is 0 Å². The Hall–Kier alpha value is -0.0400. The monoisotopic (exact) mass is 439 g/mol. The van der Waals surface area contributed by atoms with Crippen LogP contribution in [-0.4, -0.2) is 45.8 Å². The summed E-state index contributed by atoms with van der Waals surface area (Å²) in [5.74, 6) is 0. The second-order valence-electron chi connectivity index (χ2n) is 7.81. The summed E-state index contributed by atoms with van der Waals surface area (Å²) in [6.45, 7) is 11.0. The van der Waals surface area contributed by atoms with Crippen LogP contribution < -0.4 is 0 Å². The molecule has 23 heavy (non-hydrogen) atoms. The number of amides is 1. The van der Waals surface area contributed by atoms with Crippen LogP contribution in [0.2, 0.25) is 0 Å². The quantitative estimate of drug-likeness (QED) is 0.325. The maximum absolute atomic E-state index is 12.4. The largest absolute Gasteiger partial charge is 0.444 e. The molecule has 0 heterocycles. The summed E-state index contributed by atoms with van der Waals surface area (Å²) < 4.78 is 12.8. The van der Waals surface area contributed by atoms with Crippen LogP contribution in [0.15, 0.2) is 0 Å². The minimum atomic E-state index is -0.465. The zero-order chi connectivity index (χ0) is 17.5. The first-order valence-electron chi connectivity index (χ1n) is 8.91. The Morgan fingerprint density at radius 1 is 1.13 bits per heavy atom. The molecule has 1 aliphatic carbocycles. The molecule has 0 spiro atoms. The van der Waals surface area contributed by atoms with Gasteiger partial charge in [-0.2, -0.15) is 0 Å². The first-order valence-corrected chi connectivity index (χ1v) is 10.4. The van der Waals surface area contributed by atoms with E-state index in [2.05, 4.69) is 29.5 Å². The van der Waals surface area contributed by atoms with E-state index in [0.29, 0.717) is 19.2 Å². The lowest BCUT2D eigenvalue weighted by atomic mass is 10.1. The average molecular weight is 439 g/mol. The second-order valence-corrected chi connectivity index (χ2v) is 8.57. The summed E-state index contributed by atoms with van der Waals surface area (Å²) in [7, 11) is 0. The molecule has 0 saturated heterocycles. The highest BCUT2D eigenvalue weighted by atomic mass is 127. The number of ether oxygens (including phenoxy) is 2. The van der Waals surface area contributed by atoms with Gasteiger partial charge in [-0.05, 0) is 47.5 Å². The van der Waals surface area contributed by atoms with Crippen LogP contribution in [0.5, 0.6) is 0 Å². The lowest BCUT2D eigenvalue weighted by Gasteiger charge is -2.37. The van der Waals surface area contributed by atoms with E-state index in [1.54, 1.807) is 4.90 Å². The predicted octanol–water partition coefficient (Wildman–Crippen LogP) is 5.18. The summed E-state index contributed by atoms with van der Waals surface area (Å²) in [5.41, 5.74) is -0.782. The smallest absolute Gasteiger partial charge is 0.410 e. The molecular weight excluding hydrogens is 405 g/mol. The molecule has 0 radical (unpaired) electrons. The molecule has 0 N–H and O–H groups in total. The zero-order valence-electron chi connectivity index (χ0n) is 15.5. The standard InChI is InChI=1S/C18H34INO3/c1-6-20(16(21)23-17(2,3)4)14-18(5,13-19)22-15-11-9-7-8-10-12-15/h15H,6-14H2,1-5H3. The summed E-state index contributed by atoms with van der Waals surface area (Å²) in [4.78, 5) is 14.1. The van der Waals surface area contributed by atoms with E-state index < -0.39 is 5.60 Å². The molecule has 0 aliphatic heterocycles. The van der Waals surface area contributed by atoms with Gasteiger partial charge >= 0.3 is 6.09 Å². The van der Waals surface area contributed by atoms with Crippen molar-refractivity contribution in [2.45, 2.75) is 90.4 Å². The van der Waals surface area contributed by atoms with Gasteiger partial charge in [-0.1, -0.05) is 48.3 Å². The Balaban J connectivity index is 2.67. The molecule has 1 rings (SSSR count). The molecule has 4 nitrogen and oxygen atoms in total. The molecule has 1 saturated carbocycles. The van der Waals surface area contributed by atoms with E-state index in [1.165, 1.54) is 25.7 Å². The average Bonchev–Trinajstić information content (AvgIpc) is 2.71. The van der Waals surface area contributed by atoms with E-state index in [-0.39, 0.29) is 11.7 Å². The minimum absolute atomic E-state index is 0.249. The van der Waals surface area contributed by atoms with Crippen LogP contribution >= 0.6 is 22.6 Å². The van der Waals surface area contributed by atoms with E-state index in [4.69, 9.17) is 9.47 Å². The molecule has 1 unspecified atom stereocenters. The van der Waals surface area contributed by atoms with E-state index in [9.17, 15) is 4.79 Å². The van der Waals surface area contributed by atoms with Crippen LogP contribution in [-0.2, 0) is 9.47 Å². The normalized spacial score (nSPS) is 19.7. The SMILES string of the molecule is CCN(CC(C)(CI)OC1CCCCCC1)C(=O)OC(C)(C)C. The fraction of sp³-hybridized carbons (Fsp3) is 0.944. The zero-order valence-corrected chi connectivity index (χ0v) is 17.6. The summed E-state index contributed by atoms with van der Waals surface area (Å²) in [6.07, 6.45) is 7.52. The van der Waals surface area contributed by atoms with Crippen molar-refractivity contribution in [2.24, 2.45) is 0 Å². The fourth-order valence-electron chi connectivity index (χ4n) is 2.91. The third kappa shape index (κ3) is 8.05. The van der Waals surface area contributed by atoms with Crippen LogP contribution in [0.4, 0.5) is 4.79 Å².